The highest BCUT2D eigenvalue weighted by atomic mass is 32.1. The van der Waals surface area contributed by atoms with Gasteiger partial charge in [0.2, 0.25) is 0 Å². The molecule has 0 saturated carbocycles. The van der Waals surface area contributed by atoms with Crippen molar-refractivity contribution in [3.8, 4) is 11.4 Å². The van der Waals surface area contributed by atoms with Gasteiger partial charge in [-0.05, 0) is 51.5 Å². The number of rotatable bonds is 5. The zero-order chi connectivity index (χ0) is 20.5. The molecule has 29 heavy (non-hydrogen) atoms. The second-order valence-corrected chi connectivity index (χ2v) is 8.86. The number of hydrogen-bond donors (Lipinski definition) is 0. The molecule has 0 aliphatic heterocycles. The third-order valence-electron chi connectivity index (χ3n) is 5.38. The van der Waals surface area contributed by atoms with Gasteiger partial charge in [-0.3, -0.25) is 9.36 Å². The van der Waals surface area contributed by atoms with Gasteiger partial charge < -0.3 is 4.74 Å². The van der Waals surface area contributed by atoms with Crippen LogP contribution >= 0.6 is 11.3 Å². The van der Waals surface area contributed by atoms with Crippen molar-refractivity contribution < 1.29 is 9.53 Å². The van der Waals surface area contributed by atoms with Gasteiger partial charge in [0.1, 0.15) is 16.7 Å². The summed E-state index contributed by atoms with van der Waals surface area (Å²) < 4.78 is 7.06. The van der Waals surface area contributed by atoms with Crippen LogP contribution in [0.2, 0.25) is 0 Å². The van der Waals surface area contributed by atoms with E-state index in [0.717, 1.165) is 41.6 Å². The predicted molar refractivity (Wildman–Crippen MR) is 117 cm³/mol. The molecular weight excluding hydrogens is 384 g/mol. The van der Waals surface area contributed by atoms with Crippen LogP contribution < -0.4 is 5.56 Å². The number of aromatic nitrogens is 2. The Labute approximate surface area is 174 Å². The van der Waals surface area contributed by atoms with Crippen molar-refractivity contribution in [3.05, 3.63) is 51.1 Å². The molecule has 1 aliphatic rings. The second-order valence-electron chi connectivity index (χ2n) is 7.78. The molecule has 0 saturated heterocycles. The maximum absolute atomic E-state index is 13.8. The van der Waals surface area contributed by atoms with E-state index in [1.54, 1.807) is 15.9 Å². The van der Waals surface area contributed by atoms with Crippen LogP contribution in [0.25, 0.3) is 21.6 Å². The van der Waals surface area contributed by atoms with Crippen molar-refractivity contribution in [1.82, 2.24) is 9.55 Å². The quantitative estimate of drug-likeness (QED) is 0.561. The van der Waals surface area contributed by atoms with Gasteiger partial charge in [-0.1, -0.05) is 37.3 Å². The average Bonchev–Trinajstić information content (AvgIpc) is 3.09. The number of benzene rings is 1. The van der Waals surface area contributed by atoms with Crippen LogP contribution in [0.5, 0.6) is 0 Å². The Morgan fingerprint density at radius 3 is 2.62 bits per heavy atom. The summed E-state index contributed by atoms with van der Waals surface area (Å²) in [5.41, 5.74) is 1.84. The summed E-state index contributed by atoms with van der Waals surface area (Å²) in [7, 11) is 0. The zero-order valence-electron chi connectivity index (χ0n) is 17.1. The van der Waals surface area contributed by atoms with E-state index in [1.165, 1.54) is 4.88 Å². The molecule has 2 heterocycles. The highest BCUT2D eigenvalue weighted by Gasteiger charge is 2.29. The number of thiophene rings is 1. The lowest BCUT2D eigenvalue weighted by atomic mass is 9.97. The van der Waals surface area contributed by atoms with Gasteiger partial charge in [0, 0.05) is 10.4 Å². The van der Waals surface area contributed by atoms with Crippen molar-refractivity contribution in [2.45, 2.75) is 65.0 Å². The summed E-state index contributed by atoms with van der Waals surface area (Å²) in [6.45, 7) is 5.55. The smallest absolute Gasteiger partial charge is 0.329 e. The van der Waals surface area contributed by atoms with E-state index in [1.807, 2.05) is 51.1 Å². The van der Waals surface area contributed by atoms with E-state index >= 15 is 0 Å². The molecule has 2 aromatic heterocycles. The first-order valence-electron chi connectivity index (χ1n) is 10.3. The molecule has 1 aromatic carbocycles. The average molecular weight is 411 g/mol. The van der Waals surface area contributed by atoms with Crippen LogP contribution in [0, 0.1) is 0 Å². The van der Waals surface area contributed by atoms with Crippen LogP contribution in [0.4, 0.5) is 0 Å². The lowest BCUT2D eigenvalue weighted by molar-refractivity contribution is -0.151. The first-order valence-corrected chi connectivity index (χ1v) is 11.2. The minimum absolute atomic E-state index is 0.124. The summed E-state index contributed by atoms with van der Waals surface area (Å²) in [5, 5.41) is 0.695. The number of fused-ring (bicyclic) bond motifs is 3. The van der Waals surface area contributed by atoms with Crippen LogP contribution in [0.1, 0.15) is 56.5 Å². The lowest BCUT2D eigenvalue weighted by Gasteiger charge is -2.22. The Morgan fingerprint density at radius 1 is 1.21 bits per heavy atom. The van der Waals surface area contributed by atoms with E-state index in [2.05, 4.69) is 0 Å². The number of carbonyl (C=O) groups is 1. The highest BCUT2D eigenvalue weighted by Crippen LogP contribution is 2.35. The van der Waals surface area contributed by atoms with E-state index in [0.29, 0.717) is 17.6 Å². The molecule has 0 amide bonds. The minimum atomic E-state index is -0.698. The van der Waals surface area contributed by atoms with Gasteiger partial charge in [0.25, 0.3) is 5.56 Å². The molecule has 0 spiro atoms. The number of ether oxygens (including phenoxy) is 1. The molecule has 152 valence electrons. The van der Waals surface area contributed by atoms with Crippen molar-refractivity contribution in [1.29, 1.82) is 0 Å². The SMILES string of the molecule is CCC(C(=O)OC(C)C)n1c(-c2ccccc2)nc2sc3c(c2c1=O)CCCC3. The van der Waals surface area contributed by atoms with E-state index in [4.69, 9.17) is 9.72 Å². The molecule has 0 radical (unpaired) electrons. The molecule has 0 N–H and O–H groups in total. The van der Waals surface area contributed by atoms with Crippen LogP contribution in [0.15, 0.2) is 35.1 Å². The third kappa shape index (κ3) is 3.62. The van der Waals surface area contributed by atoms with Gasteiger partial charge in [-0.2, -0.15) is 0 Å². The van der Waals surface area contributed by atoms with E-state index < -0.39 is 6.04 Å². The summed E-state index contributed by atoms with van der Waals surface area (Å²) in [6.07, 6.45) is 4.37. The minimum Gasteiger partial charge on any atom is -0.461 e. The largest absolute Gasteiger partial charge is 0.461 e. The fraction of sp³-hybridized carbons (Fsp3) is 0.435. The number of aryl methyl sites for hydroxylation is 2. The van der Waals surface area contributed by atoms with Gasteiger partial charge in [0.05, 0.1) is 11.5 Å². The van der Waals surface area contributed by atoms with Crippen molar-refractivity contribution in [2.75, 3.05) is 0 Å². The molecule has 3 aromatic rings. The van der Waals surface area contributed by atoms with E-state index in [9.17, 15) is 9.59 Å². The number of esters is 1. The van der Waals surface area contributed by atoms with Gasteiger partial charge >= 0.3 is 5.97 Å². The second kappa shape index (κ2) is 8.11. The van der Waals surface area contributed by atoms with Crippen LogP contribution in [-0.4, -0.2) is 21.6 Å². The summed E-state index contributed by atoms with van der Waals surface area (Å²) in [5.74, 6) is 0.154. The first-order chi connectivity index (χ1) is 14.0. The molecular formula is C23H26N2O3S. The molecule has 0 fully saturated rings. The maximum Gasteiger partial charge on any atom is 0.329 e. The van der Waals surface area contributed by atoms with Gasteiger partial charge in [-0.25, -0.2) is 9.78 Å². The Kier molecular flexibility index (Phi) is 5.54. The molecule has 1 atom stereocenters. The summed E-state index contributed by atoms with van der Waals surface area (Å²) in [4.78, 5) is 33.6. The van der Waals surface area contributed by atoms with Crippen molar-refractivity contribution in [2.24, 2.45) is 0 Å². The number of hydrogen-bond acceptors (Lipinski definition) is 5. The molecule has 6 heteroatoms. The summed E-state index contributed by atoms with van der Waals surface area (Å²) >= 11 is 1.63. The monoisotopic (exact) mass is 410 g/mol. The molecule has 1 unspecified atom stereocenters. The fourth-order valence-corrected chi connectivity index (χ4v) is 5.31. The van der Waals surface area contributed by atoms with Crippen LogP contribution in [0.3, 0.4) is 0 Å². The molecule has 5 nitrogen and oxygen atoms in total. The van der Waals surface area contributed by atoms with Crippen molar-refractivity contribution in [3.63, 3.8) is 0 Å². The Bertz CT molecular complexity index is 1100. The Hall–Kier alpha value is -2.47. The summed E-state index contributed by atoms with van der Waals surface area (Å²) in [6, 6.07) is 8.93. The van der Waals surface area contributed by atoms with Gasteiger partial charge in [-0.15, -0.1) is 11.3 Å². The topological polar surface area (TPSA) is 61.2 Å². The fourth-order valence-electron chi connectivity index (χ4n) is 4.06. The van der Waals surface area contributed by atoms with Gasteiger partial charge in [0.15, 0.2) is 0 Å². The van der Waals surface area contributed by atoms with E-state index in [-0.39, 0.29) is 17.6 Å². The number of carbonyl (C=O) groups excluding carboxylic acids is 1. The first kappa shape index (κ1) is 19.8. The Balaban J connectivity index is 2.00. The lowest BCUT2D eigenvalue weighted by Crippen LogP contribution is -2.34. The normalized spacial score (nSPS) is 14.8. The predicted octanol–water partition coefficient (Wildman–Crippen LogP) is 4.91. The highest BCUT2D eigenvalue weighted by molar-refractivity contribution is 7.18. The number of nitrogens with zero attached hydrogens (tertiary/aromatic N) is 2. The van der Waals surface area contributed by atoms with Crippen LogP contribution in [-0.2, 0) is 22.4 Å². The molecule has 1 aliphatic carbocycles. The standard InChI is InChI=1S/C23H26N2O3S/c1-4-17(23(27)28-14(2)3)25-20(15-10-6-5-7-11-15)24-21-19(22(25)26)16-12-8-9-13-18(16)29-21/h5-7,10-11,14,17H,4,8-9,12-13H2,1-3H3. The molecule has 4 rings (SSSR count). The third-order valence-corrected chi connectivity index (χ3v) is 6.56. The zero-order valence-corrected chi connectivity index (χ0v) is 17.9. The Morgan fingerprint density at radius 2 is 1.93 bits per heavy atom. The molecule has 0 bridgehead atoms. The van der Waals surface area contributed by atoms with Crippen molar-refractivity contribution >= 4 is 27.5 Å². The maximum atomic E-state index is 13.8.